The van der Waals surface area contributed by atoms with Crippen LogP contribution in [0.4, 0.5) is 0 Å². The van der Waals surface area contributed by atoms with Gasteiger partial charge in [0.15, 0.2) is 0 Å². The molecule has 0 saturated carbocycles. The fraction of sp³-hybridized carbons (Fsp3) is 0.190. The second-order valence-corrected chi connectivity index (χ2v) is 5.90. The van der Waals surface area contributed by atoms with Crippen molar-refractivity contribution in [2.75, 3.05) is 0 Å². The van der Waals surface area contributed by atoms with Crippen molar-refractivity contribution >= 4 is 0 Å². The topological polar surface area (TPSA) is 24.9 Å². The van der Waals surface area contributed by atoms with Crippen molar-refractivity contribution in [2.45, 2.75) is 26.4 Å². The van der Waals surface area contributed by atoms with Crippen molar-refractivity contribution in [3.63, 3.8) is 0 Å². The number of aromatic nitrogens is 1. The zero-order valence-corrected chi connectivity index (χ0v) is 13.7. The Morgan fingerprint density at radius 2 is 1.83 bits per heavy atom. The van der Waals surface area contributed by atoms with Gasteiger partial charge in [0.05, 0.1) is 0 Å². The van der Waals surface area contributed by atoms with Gasteiger partial charge in [0, 0.05) is 30.5 Å². The zero-order valence-electron chi connectivity index (χ0n) is 13.7. The fourth-order valence-electron chi connectivity index (χ4n) is 2.74. The van der Waals surface area contributed by atoms with Crippen LogP contribution in [-0.2, 0) is 6.54 Å². The Labute approximate surface area is 138 Å². The van der Waals surface area contributed by atoms with Crippen LogP contribution in [0.1, 0.15) is 29.7 Å². The van der Waals surface area contributed by atoms with Crippen LogP contribution in [0.2, 0.25) is 0 Å². The summed E-state index contributed by atoms with van der Waals surface area (Å²) in [6, 6.07) is 21.6. The van der Waals surface area contributed by atoms with Crippen LogP contribution < -0.4 is 5.32 Å². The second-order valence-electron chi connectivity index (χ2n) is 5.90. The minimum atomic E-state index is 0.333. The molecule has 0 amide bonds. The average molecular weight is 302 g/mol. The van der Waals surface area contributed by atoms with E-state index < -0.39 is 0 Å². The summed E-state index contributed by atoms with van der Waals surface area (Å²) in [4.78, 5) is 4.23. The van der Waals surface area contributed by atoms with E-state index in [1.165, 1.54) is 27.8 Å². The monoisotopic (exact) mass is 302 g/mol. The van der Waals surface area contributed by atoms with Crippen molar-refractivity contribution in [3.8, 4) is 11.1 Å². The number of pyridine rings is 1. The molecule has 3 aromatic rings. The van der Waals surface area contributed by atoms with Gasteiger partial charge >= 0.3 is 0 Å². The van der Waals surface area contributed by atoms with Crippen molar-refractivity contribution < 1.29 is 0 Å². The standard InChI is InChI=1S/C21H22N2/c1-16-10-11-18(13-21(16)20-9-6-12-22-15-20)14-23-17(2)19-7-4-3-5-8-19/h3-13,15,17,23H,14H2,1-2H3. The molecule has 0 spiro atoms. The molecule has 0 aliphatic carbocycles. The zero-order chi connectivity index (χ0) is 16.1. The number of hydrogen-bond donors (Lipinski definition) is 1. The van der Waals surface area contributed by atoms with Crippen molar-refractivity contribution in [1.82, 2.24) is 10.3 Å². The van der Waals surface area contributed by atoms with Crippen LogP contribution in [0.15, 0.2) is 73.1 Å². The van der Waals surface area contributed by atoms with E-state index in [0.29, 0.717) is 6.04 Å². The molecular formula is C21H22N2. The van der Waals surface area contributed by atoms with E-state index >= 15 is 0 Å². The van der Waals surface area contributed by atoms with Crippen LogP contribution >= 0.6 is 0 Å². The number of hydrogen-bond acceptors (Lipinski definition) is 2. The lowest BCUT2D eigenvalue weighted by Crippen LogP contribution is -2.18. The van der Waals surface area contributed by atoms with Crippen molar-refractivity contribution in [3.05, 3.63) is 89.7 Å². The summed E-state index contributed by atoms with van der Waals surface area (Å²) in [7, 11) is 0. The lowest BCUT2D eigenvalue weighted by molar-refractivity contribution is 0.575. The number of aryl methyl sites for hydroxylation is 1. The average Bonchev–Trinajstić information content (AvgIpc) is 2.62. The normalized spacial score (nSPS) is 12.1. The molecule has 3 rings (SSSR count). The maximum absolute atomic E-state index is 4.23. The quantitative estimate of drug-likeness (QED) is 0.724. The molecular weight excluding hydrogens is 280 g/mol. The molecule has 2 heteroatoms. The summed E-state index contributed by atoms with van der Waals surface area (Å²) < 4.78 is 0. The molecule has 1 unspecified atom stereocenters. The Kier molecular flexibility index (Phi) is 4.84. The maximum atomic E-state index is 4.23. The Bertz CT molecular complexity index is 751. The van der Waals surface area contributed by atoms with Crippen LogP contribution in [-0.4, -0.2) is 4.98 Å². The molecule has 1 N–H and O–H groups in total. The smallest absolute Gasteiger partial charge is 0.0346 e. The summed E-state index contributed by atoms with van der Waals surface area (Å²) in [6.45, 7) is 5.20. The number of benzene rings is 2. The van der Waals surface area contributed by atoms with E-state index in [2.05, 4.69) is 78.7 Å². The van der Waals surface area contributed by atoms with Gasteiger partial charge in [-0.05, 0) is 48.2 Å². The molecule has 0 fully saturated rings. The first-order chi connectivity index (χ1) is 11.2. The van der Waals surface area contributed by atoms with E-state index in [-0.39, 0.29) is 0 Å². The Morgan fingerprint density at radius 1 is 1.00 bits per heavy atom. The van der Waals surface area contributed by atoms with Crippen molar-refractivity contribution in [2.24, 2.45) is 0 Å². The van der Waals surface area contributed by atoms with Crippen LogP contribution in [0.25, 0.3) is 11.1 Å². The molecule has 0 saturated heterocycles. The maximum Gasteiger partial charge on any atom is 0.0346 e. The Hall–Kier alpha value is -2.45. The van der Waals surface area contributed by atoms with Gasteiger partial charge in [-0.3, -0.25) is 4.98 Å². The highest BCUT2D eigenvalue weighted by Crippen LogP contribution is 2.24. The van der Waals surface area contributed by atoms with Gasteiger partial charge < -0.3 is 5.32 Å². The molecule has 1 aromatic heterocycles. The van der Waals surface area contributed by atoms with Crippen LogP contribution in [0, 0.1) is 6.92 Å². The summed E-state index contributed by atoms with van der Waals surface area (Å²) in [5.41, 5.74) is 6.30. The van der Waals surface area contributed by atoms with E-state index in [4.69, 9.17) is 0 Å². The first kappa shape index (κ1) is 15.4. The predicted octanol–water partition coefficient (Wildman–Crippen LogP) is 4.91. The molecule has 0 radical (unpaired) electrons. The number of nitrogens with zero attached hydrogens (tertiary/aromatic N) is 1. The molecule has 23 heavy (non-hydrogen) atoms. The molecule has 0 aliphatic heterocycles. The van der Waals surface area contributed by atoms with E-state index in [9.17, 15) is 0 Å². The third kappa shape index (κ3) is 3.85. The third-order valence-corrected chi connectivity index (χ3v) is 4.19. The molecule has 1 heterocycles. The summed E-state index contributed by atoms with van der Waals surface area (Å²) in [5, 5.41) is 3.60. The molecule has 0 bridgehead atoms. The largest absolute Gasteiger partial charge is 0.306 e. The van der Waals surface area contributed by atoms with Gasteiger partial charge in [-0.1, -0.05) is 48.5 Å². The molecule has 1 atom stereocenters. The summed E-state index contributed by atoms with van der Waals surface area (Å²) >= 11 is 0. The summed E-state index contributed by atoms with van der Waals surface area (Å²) in [5.74, 6) is 0. The lowest BCUT2D eigenvalue weighted by atomic mass is 9.99. The van der Waals surface area contributed by atoms with Gasteiger partial charge in [0.2, 0.25) is 0 Å². The van der Waals surface area contributed by atoms with E-state index in [1.807, 2.05) is 18.5 Å². The van der Waals surface area contributed by atoms with Crippen LogP contribution in [0.3, 0.4) is 0 Å². The Balaban J connectivity index is 1.74. The van der Waals surface area contributed by atoms with Gasteiger partial charge in [-0.2, -0.15) is 0 Å². The van der Waals surface area contributed by atoms with Gasteiger partial charge in [-0.15, -0.1) is 0 Å². The highest BCUT2D eigenvalue weighted by atomic mass is 14.9. The highest BCUT2D eigenvalue weighted by Gasteiger charge is 2.06. The summed E-state index contributed by atoms with van der Waals surface area (Å²) in [6.07, 6.45) is 3.73. The molecule has 116 valence electrons. The minimum Gasteiger partial charge on any atom is -0.306 e. The SMILES string of the molecule is Cc1ccc(CNC(C)c2ccccc2)cc1-c1cccnc1. The molecule has 0 aliphatic rings. The van der Waals surface area contributed by atoms with Gasteiger partial charge in [-0.25, -0.2) is 0 Å². The van der Waals surface area contributed by atoms with E-state index in [1.54, 1.807) is 0 Å². The first-order valence-corrected chi connectivity index (χ1v) is 8.02. The van der Waals surface area contributed by atoms with Crippen molar-refractivity contribution in [1.29, 1.82) is 0 Å². The third-order valence-electron chi connectivity index (χ3n) is 4.19. The first-order valence-electron chi connectivity index (χ1n) is 8.02. The Morgan fingerprint density at radius 3 is 2.57 bits per heavy atom. The molecule has 2 aromatic carbocycles. The number of nitrogens with one attached hydrogen (secondary N) is 1. The fourth-order valence-corrected chi connectivity index (χ4v) is 2.74. The number of rotatable bonds is 5. The molecule has 2 nitrogen and oxygen atoms in total. The van der Waals surface area contributed by atoms with Crippen LogP contribution in [0.5, 0.6) is 0 Å². The van der Waals surface area contributed by atoms with Gasteiger partial charge in [0.25, 0.3) is 0 Å². The highest BCUT2D eigenvalue weighted by molar-refractivity contribution is 5.67. The minimum absolute atomic E-state index is 0.333. The second kappa shape index (κ2) is 7.21. The predicted molar refractivity (Wildman–Crippen MR) is 96.1 cm³/mol. The lowest BCUT2D eigenvalue weighted by Gasteiger charge is -2.15. The van der Waals surface area contributed by atoms with E-state index in [0.717, 1.165) is 6.54 Å². The van der Waals surface area contributed by atoms with Gasteiger partial charge in [0.1, 0.15) is 0 Å².